The molecule has 2 aromatic carbocycles. The highest BCUT2D eigenvalue weighted by Gasteiger charge is 2.16. The molecule has 0 fully saturated rings. The van der Waals surface area contributed by atoms with Crippen molar-refractivity contribution >= 4 is 16.7 Å². The Labute approximate surface area is 157 Å². The number of Topliss-reactive ketones (excluding diaryl/α,β-unsaturated/α-hetero) is 1. The maximum Gasteiger partial charge on any atom is 0.166 e. The summed E-state index contributed by atoms with van der Waals surface area (Å²) in [6.07, 6.45) is 2.02. The Morgan fingerprint density at radius 2 is 1.63 bits per heavy atom. The molecule has 0 amide bonds. The van der Waals surface area contributed by atoms with Crippen LogP contribution in [0.1, 0.15) is 23.7 Å². The number of ether oxygens (including phenoxy) is 4. The Kier molecular flexibility index (Phi) is 5.45. The van der Waals surface area contributed by atoms with E-state index in [2.05, 4.69) is 4.98 Å². The van der Waals surface area contributed by atoms with Gasteiger partial charge in [-0.15, -0.1) is 0 Å². The van der Waals surface area contributed by atoms with Crippen LogP contribution in [0.25, 0.3) is 10.9 Å². The first-order chi connectivity index (χ1) is 13.1. The van der Waals surface area contributed by atoms with E-state index in [0.29, 0.717) is 46.2 Å². The zero-order valence-corrected chi connectivity index (χ0v) is 15.7. The van der Waals surface area contributed by atoms with E-state index >= 15 is 0 Å². The normalized spacial score (nSPS) is 10.5. The van der Waals surface area contributed by atoms with Crippen molar-refractivity contribution in [2.24, 2.45) is 0 Å². The van der Waals surface area contributed by atoms with Crippen molar-refractivity contribution < 1.29 is 23.7 Å². The van der Waals surface area contributed by atoms with E-state index in [4.69, 9.17) is 18.9 Å². The van der Waals surface area contributed by atoms with E-state index in [9.17, 15) is 4.79 Å². The molecule has 6 nitrogen and oxygen atoms in total. The molecule has 3 rings (SSSR count). The Bertz CT molecular complexity index is 984. The van der Waals surface area contributed by atoms with Crippen LogP contribution in [0.4, 0.5) is 0 Å². The molecule has 1 aromatic heterocycles. The summed E-state index contributed by atoms with van der Waals surface area (Å²) in [5.41, 5.74) is 1.19. The first-order valence-corrected chi connectivity index (χ1v) is 8.51. The van der Waals surface area contributed by atoms with Crippen molar-refractivity contribution in [1.29, 1.82) is 0 Å². The minimum atomic E-state index is -0.00901. The molecule has 3 aromatic rings. The summed E-state index contributed by atoms with van der Waals surface area (Å²) in [4.78, 5) is 16.7. The SMILES string of the molecule is CCC(=O)c1ccc(OC)cc1Oc1ccnc2cc(OC)c(OC)cc12. The van der Waals surface area contributed by atoms with E-state index in [1.54, 1.807) is 63.9 Å². The zero-order chi connectivity index (χ0) is 19.4. The summed E-state index contributed by atoms with van der Waals surface area (Å²) in [7, 11) is 4.71. The van der Waals surface area contributed by atoms with E-state index in [1.165, 1.54) is 0 Å². The average Bonchev–Trinajstić information content (AvgIpc) is 2.72. The molecule has 0 bridgehead atoms. The third kappa shape index (κ3) is 3.65. The number of aromatic nitrogens is 1. The second-order valence-corrected chi connectivity index (χ2v) is 5.77. The van der Waals surface area contributed by atoms with Gasteiger partial charge in [0, 0.05) is 30.1 Å². The van der Waals surface area contributed by atoms with Crippen LogP contribution in [0, 0.1) is 0 Å². The van der Waals surface area contributed by atoms with Crippen molar-refractivity contribution in [1.82, 2.24) is 4.98 Å². The molecule has 0 saturated heterocycles. The molecule has 6 heteroatoms. The number of hydrogen-bond acceptors (Lipinski definition) is 6. The zero-order valence-electron chi connectivity index (χ0n) is 15.7. The summed E-state index contributed by atoms with van der Waals surface area (Å²) in [6, 6.07) is 10.5. The molecule has 0 aliphatic rings. The van der Waals surface area contributed by atoms with Gasteiger partial charge in [-0.25, -0.2) is 0 Å². The number of ketones is 1. The average molecular weight is 367 g/mol. The van der Waals surface area contributed by atoms with Crippen molar-refractivity contribution in [3.05, 3.63) is 48.2 Å². The maximum atomic E-state index is 12.3. The standard InChI is InChI=1S/C21H21NO5/c1-5-17(23)14-7-6-13(24-2)10-19(14)27-18-8-9-22-16-12-21(26-4)20(25-3)11-15(16)18/h6-12H,5H2,1-4H3. The lowest BCUT2D eigenvalue weighted by molar-refractivity contribution is 0.0986. The quantitative estimate of drug-likeness (QED) is 0.567. The van der Waals surface area contributed by atoms with Crippen LogP contribution >= 0.6 is 0 Å². The van der Waals surface area contributed by atoms with Gasteiger partial charge in [0.15, 0.2) is 17.3 Å². The fraction of sp³-hybridized carbons (Fsp3) is 0.238. The minimum absolute atomic E-state index is 0.00901. The van der Waals surface area contributed by atoms with E-state index in [0.717, 1.165) is 5.39 Å². The third-order valence-corrected chi connectivity index (χ3v) is 4.24. The molecular formula is C21H21NO5. The molecule has 140 valence electrons. The number of benzene rings is 2. The number of carbonyl (C=O) groups excluding carboxylic acids is 1. The van der Waals surface area contributed by atoms with Gasteiger partial charge >= 0.3 is 0 Å². The molecule has 0 unspecified atom stereocenters. The van der Waals surface area contributed by atoms with Gasteiger partial charge in [0.1, 0.15) is 17.2 Å². The van der Waals surface area contributed by atoms with Crippen LogP contribution in [0.15, 0.2) is 42.6 Å². The summed E-state index contributed by atoms with van der Waals surface area (Å²) < 4.78 is 22.1. The number of pyridine rings is 1. The fourth-order valence-electron chi connectivity index (χ4n) is 2.79. The van der Waals surface area contributed by atoms with E-state index in [-0.39, 0.29) is 5.78 Å². The summed E-state index contributed by atoms with van der Waals surface area (Å²) in [5.74, 6) is 2.74. The van der Waals surface area contributed by atoms with Crippen molar-refractivity contribution in [2.75, 3.05) is 21.3 Å². The summed E-state index contributed by atoms with van der Waals surface area (Å²) >= 11 is 0. The Hall–Kier alpha value is -3.28. The van der Waals surface area contributed by atoms with Crippen molar-refractivity contribution in [2.45, 2.75) is 13.3 Å². The molecule has 0 radical (unpaired) electrons. The molecule has 0 spiro atoms. The molecular weight excluding hydrogens is 346 g/mol. The smallest absolute Gasteiger partial charge is 0.166 e. The van der Waals surface area contributed by atoms with Gasteiger partial charge in [0.25, 0.3) is 0 Å². The van der Waals surface area contributed by atoms with Crippen LogP contribution in [0.2, 0.25) is 0 Å². The highest BCUT2D eigenvalue weighted by atomic mass is 16.5. The predicted molar refractivity (Wildman–Crippen MR) is 103 cm³/mol. The maximum absolute atomic E-state index is 12.3. The Morgan fingerprint density at radius 1 is 0.889 bits per heavy atom. The highest BCUT2D eigenvalue weighted by molar-refractivity contribution is 5.99. The van der Waals surface area contributed by atoms with Gasteiger partial charge in [-0.2, -0.15) is 0 Å². The van der Waals surface area contributed by atoms with Gasteiger partial charge in [-0.1, -0.05) is 6.92 Å². The molecule has 0 aliphatic heterocycles. The first kappa shape index (κ1) is 18.5. The van der Waals surface area contributed by atoms with Gasteiger partial charge in [0.05, 0.1) is 32.4 Å². The third-order valence-electron chi connectivity index (χ3n) is 4.24. The topological polar surface area (TPSA) is 66.9 Å². The van der Waals surface area contributed by atoms with Crippen molar-refractivity contribution in [3.63, 3.8) is 0 Å². The highest BCUT2D eigenvalue weighted by Crippen LogP contribution is 2.38. The van der Waals surface area contributed by atoms with Crippen LogP contribution in [0.5, 0.6) is 28.7 Å². The summed E-state index contributed by atoms with van der Waals surface area (Å²) in [6.45, 7) is 1.81. The summed E-state index contributed by atoms with van der Waals surface area (Å²) in [5, 5.41) is 0.743. The molecule has 0 atom stereocenters. The molecule has 0 aliphatic carbocycles. The van der Waals surface area contributed by atoms with Gasteiger partial charge in [0.2, 0.25) is 0 Å². The van der Waals surface area contributed by atoms with E-state index < -0.39 is 0 Å². The van der Waals surface area contributed by atoms with Crippen LogP contribution in [-0.2, 0) is 0 Å². The predicted octanol–water partition coefficient (Wildman–Crippen LogP) is 4.65. The molecule has 27 heavy (non-hydrogen) atoms. The lowest BCUT2D eigenvalue weighted by Crippen LogP contribution is -2.01. The second-order valence-electron chi connectivity index (χ2n) is 5.77. The monoisotopic (exact) mass is 367 g/mol. The fourth-order valence-corrected chi connectivity index (χ4v) is 2.79. The number of carbonyl (C=O) groups is 1. The van der Waals surface area contributed by atoms with Gasteiger partial charge in [-0.3, -0.25) is 9.78 Å². The first-order valence-electron chi connectivity index (χ1n) is 8.51. The van der Waals surface area contributed by atoms with Crippen LogP contribution < -0.4 is 18.9 Å². The number of rotatable bonds is 7. The molecule has 0 N–H and O–H groups in total. The molecule has 1 heterocycles. The van der Waals surface area contributed by atoms with E-state index in [1.807, 2.05) is 6.92 Å². The minimum Gasteiger partial charge on any atom is -0.497 e. The number of fused-ring (bicyclic) bond motifs is 1. The Balaban J connectivity index is 2.13. The van der Waals surface area contributed by atoms with Crippen LogP contribution in [-0.4, -0.2) is 32.1 Å². The van der Waals surface area contributed by atoms with Crippen molar-refractivity contribution in [3.8, 4) is 28.7 Å². The largest absolute Gasteiger partial charge is 0.497 e. The van der Waals surface area contributed by atoms with Gasteiger partial charge in [-0.05, 0) is 24.3 Å². The number of hydrogen-bond donors (Lipinski definition) is 0. The second kappa shape index (κ2) is 7.95. The van der Waals surface area contributed by atoms with Crippen LogP contribution in [0.3, 0.4) is 0 Å². The number of nitrogens with zero attached hydrogens (tertiary/aromatic N) is 1. The number of methoxy groups -OCH3 is 3. The van der Waals surface area contributed by atoms with Gasteiger partial charge < -0.3 is 18.9 Å². The lowest BCUT2D eigenvalue weighted by atomic mass is 10.1. The lowest BCUT2D eigenvalue weighted by Gasteiger charge is -2.14. The Morgan fingerprint density at radius 3 is 2.30 bits per heavy atom. The molecule has 0 saturated carbocycles.